The summed E-state index contributed by atoms with van der Waals surface area (Å²) < 4.78 is 0. The van der Waals surface area contributed by atoms with Crippen molar-refractivity contribution in [2.45, 2.75) is 0 Å². The van der Waals surface area contributed by atoms with Gasteiger partial charge in [-0.15, -0.1) is 0 Å². The van der Waals surface area contributed by atoms with E-state index in [4.69, 9.17) is 0 Å². The van der Waals surface area contributed by atoms with Gasteiger partial charge in [-0.1, -0.05) is 206 Å². The summed E-state index contributed by atoms with van der Waals surface area (Å²) in [5, 5.41) is 10.2. The first-order valence-electron chi connectivity index (χ1n) is 22.4. The molecule has 0 N–H and O–H groups in total. The van der Waals surface area contributed by atoms with Gasteiger partial charge in [0.25, 0.3) is 0 Å². The van der Waals surface area contributed by atoms with Crippen LogP contribution in [0.2, 0.25) is 0 Å². The van der Waals surface area contributed by atoms with E-state index in [0.29, 0.717) is 0 Å². The second-order valence-electron chi connectivity index (χ2n) is 16.9. The van der Waals surface area contributed by atoms with Gasteiger partial charge in [0.1, 0.15) is 0 Å². The highest BCUT2D eigenvalue weighted by Gasteiger charge is 2.16. The highest BCUT2D eigenvalue weighted by molar-refractivity contribution is 6.25. The number of anilines is 3. The first-order chi connectivity index (χ1) is 32.2. The molecule has 0 radical (unpaired) electrons. The summed E-state index contributed by atoms with van der Waals surface area (Å²) in [5.41, 5.74) is 15.2. The predicted octanol–water partition coefficient (Wildman–Crippen LogP) is 18.1. The van der Waals surface area contributed by atoms with Crippen LogP contribution < -0.4 is 4.90 Å². The Morgan fingerprint density at radius 3 is 1.20 bits per heavy atom. The van der Waals surface area contributed by atoms with Gasteiger partial charge in [0, 0.05) is 17.1 Å². The maximum absolute atomic E-state index is 2.38. The third-order valence-electron chi connectivity index (χ3n) is 13.0. The molecule has 0 heterocycles. The van der Waals surface area contributed by atoms with Crippen LogP contribution in [-0.4, -0.2) is 0 Å². The van der Waals surface area contributed by atoms with Gasteiger partial charge < -0.3 is 4.90 Å². The fourth-order valence-corrected chi connectivity index (χ4v) is 9.82. The summed E-state index contributed by atoms with van der Waals surface area (Å²) in [4.78, 5) is 2.38. The van der Waals surface area contributed by atoms with Gasteiger partial charge in [-0.2, -0.15) is 0 Å². The molecule has 12 aromatic carbocycles. The minimum Gasteiger partial charge on any atom is -0.310 e. The Kier molecular flexibility index (Phi) is 9.58. The third kappa shape index (κ3) is 7.10. The molecule has 12 aromatic rings. The summed E-state index contributed by atoms with van der Waals surface area (Å²) >= 11 is 0. The largest absolute Gasteiger partial charge is 0.310 e. The van der Waals surface area contributed by atoms with Gasteiger partial charge in [0.15, 0.2) is 0 Å². The van der Waals surface area contributed by atoms with Crippen LogP contribution in [0.3, 0.4) is 0 Å². The summed E-state index contributed by atoms with van der Waals surface area (Å²) in [6, 6.07) is 95.2. The molecule has 0 spiro atoms. The van der Waals surface area contributed by atoms with Crippen LogP contribution in [0.5, 0.6) is 0 Å². The molecule has 12 rings (SSSR count). The number of hydrogen-bond donors (Lipinski definition) is 0. The fraction of sp³-hybridized carbons (Fsp3) is 0. The van der Waals surface area contributed by atoms with Crippen molar-refractivity contribution in [3.63, 3.8) is 0 Å². The van der Waals surface area contributed by atoms with Crippen LogP contribution in [0.1, 0.15) is 0 Å². The van der Waals surface area contributed by atoms with E-state index in [0.717, 1.165) is 22.6 Å². The van der Waals surface area contributed by atoms with E-state index in [-0.39, 0.29) is 0 Å². The molecule has 0 unspecified atom stereocenters. The lowest BCUT2D eigenvalue weighted by molar-refractivity contribution is 1.28. The van der Waals surface area contributed by atoms with E-state index in [1.807, 2.05) is 0 Å². The smallest absolute Gasteiger partial charge is 0.0467 e. The van der Waals surface area contributed by atoms with Crippen LogP contribution in [0.15, 0.2) is 261 Å². The molecule has 0 aromatic heterocycles. The number of hydrogen-bond acceptors (Lipinski definition) is 1. The zero-order valence-electron chi connectivity index (χ0n) is 35.8. The van der Waals surface area contributed by atoms with Crippen LogP contribution >= 0.6 is 0 Å². The Bertz CT molecular complexity index is 3660. The van der Waals surface area contributed by atoms with E-state index in [1.165, 1.54) is 93.2 Å². The molecule has 0 amide bonds. The Hall–Kier alpha value is -8.52. The Balaban J connectivity index is 0.942. The molecule has 0 bridgehead atoms. The SMILES string of the molecule is c1ccc(-c2cccc(-c3ccc(N(c4ccc(-c5ccc6c7ccccc7c7ccccc7c6c5)cc4)c4cccc(-c5cccc(-c6cccc7ccccc67)c5)c4)cc3)c2)cc1. The molecular formula is C64H43N. The number of benzene rings is 12. The molecule has 1 heteroatoms. The van der Waals surface area contributed by atoms with Crippen LogP contribution in [0.4, 0.5) is 17.1 Å². The average molecular weight is 826 g/mol. The summed E-state index contributed by atoms with van der Waals surface area (Å²) in [6.07, 6.45) is 0. The highest BCUT2D eigenvalue weighted by Crippen LogP contribution is 2.41. The van der Waals surface area contributed by atoms with Crippen molar-refractivity contribution in [1.82, 2.24) is 0 Å². The normalized spacial score (nSPS) is 11.4. The molecule has 0 saturated carbocycles. The topological polar surface area (TPSA) is 3.24 Å². The van der Waals surface area contributed by atoms with Crippen molar-refractivity contribution >= 4 is 60.2 Å². The molecule has 65 heavy (non-hydrogen) atoms. The van der Waals surface area contributed by atoms with Crippen molar-refractivity contribution in [3.05, 3.63) is 261 Å². The predicted molar refractivity (Wildman–Crippen MR) is 278 cm³/mol. The van der Waals surface area contributed by atoms with E-state index in [1.54, 1.807) is 0 Å². The van der Waals surface area contributed by atoms with Gasteiger partial charge in [0.05, 0.1) is 0 Å². The number of rotatable bonds is 8. The molecular weight excluding hydrogens is 783 g/mol. The second-order valence-corrected chi connectivity index (χ2v) is 16.9. The lowest BCUT2D eigenvalue weighted by Gasteiger charge is -2.26. The summed E-state index contributed by atoms with van der Waals surface area (Å²) in [7, 11) is 0. The summed E-state index contributed by atoms with van der Waals surface area (Å²) in [6.45, 7) is 0. The van der Waals surface area contributed by atoms with E-state index in [9.17, 15) is 0 Å². The zero-order chi connectivity index (χ0) is 43.1. The standard InChI is InChI=1S/C64H43N/c1-2-14-44(15-3-1)48-18-10-19-49(40-48)45-30-35-54(36-31-45)65(56-23-12-21-51(42-56)50-20-11-22-53(41-50)58-29-13-17-47-16-4-5-24-57(47)58)55-37-32-46(33-38-55)52-34-39-63-61-27-7-6-25-59(61)60-26-8-9-28-62(60)64(63)43-52/h1-43H. The van der Waals surface area contributed by atoms with Gasteiger partial charge in [-0.3, -0.25) is 0 Å². The first-order valence-corrected chi connectivity index (χ1v) is 22.4. The number of nitrogens with zero attached hydrogens (tertiary/aromatic N) is 1. The minimum atomic E-state index is 1.09. The molecule has 0 aliphatic rings. The van der Waals surface area contributed by atoms with Gasteiger partial charge in [0.2, 0.25) is 0 Å². The van der Waals surface area contributed by atoms with Gasteiger partial charge in [-0.25, -0.2) is 0 Å². The quantitative estimate of drug-likeness (QED) is 0.138. The molecule has 0 saturated heterocycles. The summed E-state index contributed by atoms with van der Waals surface area (Å²) in [5.74, 6) is 0. The van der Waals surface area contributed by atoms with Crippen molar-refractivity contribution < 1.29 is 0 Å². The monoisotopic (exact) mass is 825 g/mol. The Morgan fingerprint density at radius 1 is 0.185 bits per heavy atom. The van der Waals surface area contributed by atoms with Crippen LogP contribution in [0.25, 0.3) is 98.7 Å². The van der Waals surface area contributed by atoms with Gasteiger partial charge in [-0.05, 0) is 153 Å². The zero-order valence-corrected chi connectivity index (χ0v) is 35.8. The Labute approximate surface area is 379 Å². The molecule has 0 aliphatic heterocycles. The Morgan fingerprint density at radius 2 is 0.569 bits per heavy atom. The minimum absolute atomic E-state index is 1.09. The molecule has 0 atom stereocenters. The molecule has 0 fully saturated rings. The average Bonchev–Trinajstić information content (AvgIpc) is 3.39. The molecule has 0 aliphatic carbocycles. The van der Waals surface area contributed by atoms with Gasteiger partial charge >= 0.3 is 0 Å². The second kappa shape index (κ2) is 16.3. The first kappa shape index (κ1) is 38.2. The maximum Gasteiger partial charge on any atom is 0.0467 e. The van der Waals surface area contributed by atoms with E-state index >= 15 is 0 Å². The van der Waals surface area contributed by atoms with Crippen LogP contribution in [0, 0.1) is 0 Å². The lowest BCUT2D eigenvalue weighted by atomic mass is 9.92. The van der Waals surface area contributed by atoms with E-state index in [2.05, 4.69) is 266 Å². The van der Waals surface area contributed by atoms with Crippen molar-refractivity contribution in [3.8, 4) is 55.6 Å². The van der Waals surface area contributed by atoms with Crippen molar-refractivity contribution in [2.75, 3.05) is 4.90 Å². The molecule has 304 valence electrons. The fourth-order valence-electron chi connectivity index (χ4n) is 9.82. The van der Waals surface area contributed by atoms with Crippen molar-refractivity contribution in [1.29, 1.82) is 0 Å². The maximum atomic E-state index is 2.38. The highest BCUT2D eigenvalue weighted by atomic mass is 15.1. The number of fused-ring (bicyclic) bond motifs is 7. The van der Waals surface area contributed by atoms with E-state index < -0.39 is 0 Å². The van der Waals surface area contributed by atoms with Crippen LogP contribution in [-0.2, 0) is 0 Å². The lowest BCUT2D eigenvalue weighted by Crippen LogP contribution is -2.10. The van der Waals surface area contributed by atoms with Crippen molar-refractivity contribution in [2.24, 2.45) is 0 Å². The molecule has 1 nitrogen and oxygen atoms in total. The third-order valence-corrected chi connectivity index (χ3v) is 13.0.